The summed E-state index contributed by atoms with van der Waals surface area (Å²) in [5.41, 5.74) is 0. The minimum atomic E-state index is 0.00540. The Kier molecular flexibility index (Phi) is 3.50. The summed E-state index contributed by atoms with van der Waals surface area (Å²) >= 11 is 0. The molecule has 0 aliphatic heterocycles. The first-order valence-corrected chi connectivity index (χ1v) is 6.41. The van der Waals surface area contributed by atoms with Gasteiger partial charge < -0.3 is 0 Å². The van der Waals surface area contributed by atoms with Crippen LogP contribution in [0.4, 0.5) is 0 Å². The summed E-state index contributed by atoms with van der Waals surface area (Å²) in [7, 11) is 0.00540. The maximum Gasteiger partial charge on any atom is -0.0139 e. The molecule has 13 heavy (non-hydrogen) atoms. The standard InChI is InChI=1S/C12H19P/c1-5-13(12(2,3)4)11-9-7-6-8-10-11/h6-10H,5H2,1-4H3/t13-/m0/s1. The predicted molar refractivity (Wildman–Crippen MR) is 63.3 cm³/mol. The highest BCUT2D eigenvalue weighted by Crippen LogP contribution is 2.47. The van der Waals surface area contributed by atoms with Gasteiger partial charge in [0.25, 0.3) is 0 Å². The van der Waals surface area contributed by atoms with Crippen LogP contribution in [0, 0.1) is 0 Å². The van der Waals surface area contributed by atoms with Gasteiger partial charge in [0.15, 0.2) is 0 Å². The van der Waals surface area contributed by atoms with Gasteiger partial charge in [-0.15, -0.1) is 0 Å². The molecule has 1 rings (SSSR count). The molecule has 0 bridgehead atoms. The molecule has 1 atom stereocenters. The van der Waals surface area contributed by atoms with Gasteiger partial charge in [0.1, 0.15) is 0 Å². The topological polar surface area (TPSA) is 0 Å². The van der Waals surface area contributed by atoms with Crippen LogP contribution in [0.1, 0.15) is 27.7 Å². The van der Waals surface area contributed by atoms with Crippen LogP contribution in [0.3, 0.4) is 0 Å². The third-order valence-electron chi connectivity index (χ3n) is 2.19. The van der Waals surface area contributed by atoms with Crippen molar-refractivity contribution < 1.29 is 0 Å². The Morgan fingerprint density at radius 1 is 1.08 bits per heavy atom. The maximum absolute atomic E-state index is 2.34. The highest BCUT2D eigenvalue weighted by Gasteiger charge is 2.23. The van der Waals surface area contributed by atoms with E-state index in [9.17, 15) is 0 Å². The second kappa shape index (κ2) is 4.24. The monoisotopic (exact) mass is 194 g/mol. The van der Waals surface area contributed by atoms with Crippen molar-refractivity contribution in [2.24, 2.45) is 0 Å². The van der Waals surface area contributed by atoms with E-state index in [0.717, 1.165) is 0 Å². The molecule has 0 spiro atoms. The second-order valence-corrected chi connectivity index (χ2v) is 7.60. The molecule has 1 heteroatoms. The van der Waals surface area contributed by atoms with E-state index >= 15 is 0 Å². The lowest BCUT2D eigenvalue weighted by Crippen LogP contribution is -2.20. The van der Waals surface area contributed by atoms with Crippen LogP contribution in [-0.4, -0.2) is 11.3 Å². The lowest BCUT2D eigenvalue weighted by molar-refractivity contribution is 0.787. The number of hydrogen-bond acceptors (Lipinski definition) is 0. The van der Waals surface area contributed by atoms with E-state index in [1.807, 2.05) is 0 Å². The zero-order chi connectivity index (χ0) is 9.90. The molecular formula is C12H19P. The zero-order valence-corrected chi connectivity index (χ0v) is 9.94. The van der Waals surface area contributed by atoms with Crippen LogP contribution >= 0.6 is 7.92 Å². The number of hydrogen-bond donors (Lipinski definition) is 0. The van der Waals surface area contributed by atoms with Gasteiger partial charge in [0.05, 0.1) is 0 Å². The van der Waals surface area contributed by atoms with E-state index in [2.05, 4.69) is 58.0 Å². The molecule has 0 saturated carbocycles. The van der Waals surface area contributed by atoms with Crippen LogP contribution in [0.25, 0.3) is 0 Å². The fourth-order valence-corrected chi connectivity index (χ4v) is 4.27. The van der Waals surface area contributed by atoms with Crippen molar-refractivity contribution in [1.82, 2.24) is 0 Å². The number of rotatable bonds is 2. The van der Waals surface area contributed by atoms with Crippen molar-refractivity contribution in [2.45, 2.75) is 32.9 Å². The van der Waals surface area contributed by atoms with Crippen molar-refractivity contribution in [3.05, 3.63) is 30.3 Å². The van der Waals surface area contributed by atoms with E-state index in [4.69, 9.17) is 0 Å². The van der Waals surface area contributed by atoms with Gasteiger partial charge >= 0.3 is 0 Å². The molecule has 0 aliphatic rings. The van der Waals surface area contributed by atoms with E-state index in [1.165, 1.54) is 11.5 Å². The molecule has 0 unspecified atom stereocenters. The van der Waals surface area contributed by atoms with Crippen molar-refractivity contribution in [2.75, 3.05) is 6.16 Å². The second-order valence-electron chi connectivity index (χ2n) is 4.25. The Labute approximate surface area is 83.1 Å². The van der Waals surface area contributed by atoms with Crippen LogP contribution in [0.5, 0.6) is 0 Å². The molecule has 0 aromatic heterocycles. The maximum atomic E-state index is 2.34. The highest BCUT2D eigenvalue weighted by atomic mass is 31.1. The predicted octanol–water partition coefficient (Wildman–Crippen LogP) is 3.61. The van der Waals surface area contributed by atoms with Crippen molar-refractivity contribution in [3.8, 4) is 0 Å². The molecule has 0 fully saturated rings. The normalized spacial score (nSPS) is 14.2. The van der Waals surface area contributed by atoms with Crippen LogP contribution in [0.2, 0.25) is 0 Å². The third-order valence-corrected chi connectivity index (χ3v) is 5.37. The van der Waals surface area contributed by atoms with Gasteiger partial charge in [-0.2, -0.15) is 0 Å². The van der Waals surface area contributed by atoms with Crippen LogP contribution in [0.15, 0.2) is 30.3 Å². The SMILES string of the molecule is CC[P@@](c1ccccc1)C(C)(C)C. The van der Waals surface area contributed by atoms with Gasteiger partial charge in [-0.25, -0.2) is 0 Å². The summed E-state index contributed by atoms with van der Waals surface area (Å²) in [6, 6.07) is 10.9. The summed E-state index contributed by atoms with van der Waals surface area (Å²) < 4.78 is 0. The molecule has 72 valence electrons. The van der Waals surface area contributed by atoms with E-state index < -0.39 is 0 Å². The van der Waals surface area contributed by atoms with E-state index in [-0.39, 0.29) is 7.92 Å². The smallest absolute Gasteiger partial charge is 0.0139 e. The lowest BCUT2D eigenvalue weighted by atomic mass is 10.3. The molecule has 0 amide bonds. The Bertz CT molecular complexity index is 246. The van der Waals surface area contributed by atoms with Crippen LogP contribution < -0.4 is 5.30 Å². The fraction of sp³-hybridized carbons (Fsp3) is 0.500. The van der Waals surface area contributed by atoms with E-state index in [0.29, 0.717) is 5.16 Å². The van der Waals surface area contributed by atoms with Crippen molar-refractivity contribution >= 4 is 13.2 Å². The van der Waals surface area contributed by atoms with Gasteiger partial charge in [-0.3, -0.25) is 0 Å². The van der Waals surface area contributed by atoms with Gasteiger partial charge in [-0.1, -0.05) is 65.9 Å². The fourth-order valence-electron chi connectivity index (χ4n) is 1.65. The van der Waals surface area contributed by atoms with Crippen molar-refractivity contribution in [1.29, 1.82) is 0 Å². The van der Waals surface area contributed by atoms with Gasteiger partial charge in [-0.05, 0) is 16.6 Å². The van der Waals surface area contributed by atoms with Crippen molar-refractivity contribution in [3.63, 3.8) is 0 Å². The number of benzene rings is 1. The first-order valence-electron chi connectivity index (χ1n) is 4.88. The molecule has 1 aromatic carbocycles. The largest absolute Gasteiger partial charge is 0.0701 e. The molecule has 0 radical (unpaired) electrons. The lowest BCUT2D eigenvalue weighted by Gasteiger charge is -2.30. The van der Waals surface area contributed by atoms with Gasteiger partial charge in [0.2, 0.25) is 0 Å². The zero-order valence-electron chi connectivity index (χ0n) is 9.04. The molecule has 1 aromatic rings. The molecule has 0 N–H and O–H groups in total. The summed E-state index contributed by atoms with van der Waals surface area (Å²) in [5, 5.41) is 1.97. The summed E-state index contributed by atoms with van der Waals surface area (Å²) in [4.78, 5) is 0. The van der Waals surface area contributed by atoms with Gasteiger partial charge in [0, 0.05) is 0 Å². The third kappa shape index (κ3) is 2.81. The molecule has 0 nitrogen and oxygen atoms in total. The Morgan fingerprint density at radius 2 is 1.62 bits per heavy atom. The first-order chi connectivity index (χ1) is 6.05. The molecular weight excluding hydrogens is 175 g/mol. The quantitative estimate of drug-likeness (QED) is 0.631. The van der Waals surface area contributed by atoms with E-state index in [1.54, 1.807) is 0 Å². The van der Waals surface area contributed by atoms with Crippen LogP contribution in [-0.2, 0) is 0 Å². The summed E-state index contributed by atoms with van der Waals surface area (Å²) in [6.45, 7) is 9.32. The summed E-state index contributed by atoms with van der Waals surface area (Å²) in [6.07, 6.45) is 1.28. The molecule has 0 saturated heterocycles. The minimum absolute atomic E-state index is 0.00540. The first kappa shape index (κ1) is 10.7. The average molecular weight is 194 g/mol. The summed E-state index contributed by atoms with van der Waals surface area (Å²) in [5.74, 6) is 0. The molecule has 0 aliphatic carbocycles. The Morgan fingerprint density at radius 3 is 2.00 bits per heavy atom. The Balaban J connectivity index is 2.92. The minimum Gasteiger partial charge on any atom is -0.0701 e. The molecule has 0 heterocycles. The highest BCUT2D eigenvalue weighted by molar-refractivity contribution is 7.67. The average Bonchev–Trinajstić information content (AvgIpc) is 2.05. The Hall–Kier alpha value is -0.350.